The van der Waals surface area contributed by atoms with E-state index in [0.717, 1.165) is 55.3 Å². The van der Waals surface area contributed by atoms with Gasteiger partial charge in [-0.1, -0.05) is 0 Å². The molecule has 1 aromatic heterocycles. The number of ether oxygens (including phenoxy) is 2. The Morgan fingerprint density at radius 1 is 1.52 bits per heavy atom. The second kappa shape index (κ2) is 6.55. The number of hydrogen-bond acceptors (Lipinski definition) is 5. The minimum Gasteiger partial charge on any atom is -0.488 e. The normalized spacial score (nSPS) is 29.0. The van der Waals surface area contributed by atoms with Crippen LogP contribution in [0.4, 0.5) is 0 Å². The van der Waals surface area contributed by atoms with E-state index in [1.807, 2.05) is 31.8 Å². The van der Waals surface area contributed by atoms with Crippen molar-refractivity contribution < 1.29 is 9.47 Å². The van der Waals surface area contributed by atoms with E-state index in [1.165, 1.54) is 5.75 Å². The number of aryl methyl sites for hydroxylation is 1. The molecule has 116 valence electrons. The van der Waals surface area contributed by atoms with E-state index in [9.17, 15) is 0 Å². The molecule has 2 atom stereocenters. The van der Waals surface area contributed by atoms with Gasteiger partial charge in [0.05, 0.1) is 17.9 Å². The van der Waals surface area contributed by atoms with Crippen LogP contribution in [0.1, 0.15) is 30.7 Å². The Labute approximate surface area is 131 Å². The zero-order chi connectivity index (χ0) is 14.7. The highest BCUT2D eigenvalue weighted by Crippen LogP contribution is 2.39. The SMILES string of the molecule is CNCc1nc(C)ccc1OC1CCOC2(CCSC2)C1. The first-order valence-corrected chi connectivity index (χ1v) is 8.86. The van der Waals surface area contributed by atoms with Gasteiger partial charge < -0.3 is 14.8 Å². The van der Waals surface area contributed by atoms with E-state index >= 15 is 0 Å². The third-order valence-electron chi connectivity index (χ3n) is 4.22. The number of pyridine rings is 1. The molecule has 3 heterocycles. The molecule has 5 heteroatoms. The van der Waals surface area contributed by atoms with Crippen LogP contribution in [0.2, 0.25) is 0 Å². The number of rotatable bonds is 4. The summed E-state index contributed by atoms with van der Waals surface area (Å²) >= 11 is 2.00. The van der Waals surface area contributed by atoms with Crippen molar-refractivity contribution in [3.05, 3.63) is 23.5 Å². The van der Waals surface area contributed by atoms with E-state index in [0.29, 0.717) is 0 Å². The molecule has 2 unspecified atom stereocenters. The maximum Gasteiger partial charge on any atom is 0.142 e. The molecule has 0 saturated carbocycles. The van der Waals surface area contributed by atoms with Gasteiger partial charge in [-0.3, -0.25) is 4.98 Å². The molecule has 0 aliphatic carbocycles. The van der Waals surface area contributed by atoms with Crippen LogP contribution in [0.5, 0.6) is 5.75 Å². The van der Waals surface area contributed by atoms with Crippen LogP contribution in [-0.4, -0.2) is 41.8 Å². The number of aromatic nitrogens is 1. The number of nitrogens with zero attached hydrogens (tertiary/aromatic N) is 1. The van der Waals surface area contributed by atoms with Crippen molar-refractivity contribution in [3.8, 4) is 5.75 Å². The lowest BCUT2D eigenvalue weighted by molar-refractivity contribution is -0.0961. The summed E-state index contributed by atoms with van der Waals surface area (Å²) in [5.41, 5.74) is 2.09. The average Bonchev–Trinajstić information content (AvgIpc) is 2.90. The lowest BCUT2D eigenvalue weighted by atomic mass is 9.91. The van der Waals surface area contributed by atoms with Gasteiger partial charge in [0.1, 0.15) is 11.9 Å². The molecule has 1 aromatic rings. The van der Waals surface area contributed by atoms with Gasteiger partial charge in [-0.2, -0.15) is 11.8 Å². The van der Waals surface area contributed by atoms with Gasteiger partial charge in [0, 0.05) is 30.8 Å². The quantitative estimate of drug-likeness (QED) is 0.926. The molecule has 1 spiro atoms. The average molecular weight is 308 g/mol. The van der Waals surface area contributed by atoms with E-state index < -0.39 is 0 Å². The molecule has 0 radical (unpaired) electrons. The minimum atomic E-state index is 0.0644. The molecule has 21 heavy (non-hydrogen) atoms. The van der Waals surface area contributed by atoms with Crippen molar-refractivity contribution in [3.63, 3.8) is 0 Å². The Morgan fingerprint density at radius 3 is 3.19 bits per heavy atom. The van der Waals surface area contributed by atoms with Crippen LogP contribution < -0.4 is 10.1 Å². The fourth-order valence-corrected chi connectivity index (χ4v) is 4.50. The van der Waals surface area contributed by atoms with Crippen LogP contribution in [0.3, 0.4) is 0 Å². The second-order valence-electron chi connectivity index (χ2n) is 5.99. The lowest BCUT2D eigenvalue weighted by Crippen LogP contribution is -2.44. The van der Waals surface area contributed by atoms with Gasteiger partial charge in [0.2, 0.25) is 0 Å². The molecule has 1 N–H and O–H groups in total. The molecular weight excluding hydrogens is 284 g/mol. The molecule has 2 aliphatic heterocycles. The molecule has 2 fully saturated rings. The van der Waals surface area contributed by atoms with Crippen molar-refractivity contribution >= 4 is 11.8 Å². The minimum absolute atomic E-state index is 0.0644. The van der Waals surface area contributed by atoms with Gasteiger partial charge in [-0.15, -0.1) is 0 Å². The summed E-state index contributed by atoms with van der Waals surface area (Å²) in [7, 11) is 1.94. The zero-order valence-electron chi connectivity index (χ0n) is 12.9. The Balaban J connectivity index is 1.71. The van der Waals surface area contributed by atoms with Crippen LogP contribution in [0.15, 0.2) is 12.1 Å². The van der Waals surface area contributed by atoms with Crippen LogP contribution in [0.25, 0.3) is 0 Å². The molecular formula is C16H24N2O2S. The Kier molecular flexibility index (Phi) is 4.72. The Hall–Kier alpha value is -0.780. The van der Waals surface area contributed by atoms with E-state index in [1.54, 1.807) is 0 Å². The van der Waals surface area contributed by atoms with Gasteiger partial charge in [0.15, 0.2) is 0 Å². The summed E-state index contributed by atoms with van der Waals surface area (Å²) in [4.78, 5) is 4.59. The highest BCUT2D eigenvalue weighted by molar-refractivity contribution is 7.99. The summed E-state index contributed by atoms with van der Waals surface area (Å²) in [6.45, 7) is 3.56. The molecule has 0 aromatic carbocycles. The Bertz CT molecular complexity index is 489. The topological polar surface area (TPSA) is 43.4 Å². The molecule has 2 saturated heterocycles. The molecule has 2 aliphatic rings. The van der Waals surface area contributed by atoms with E-state index in [2.05, 4.69) is 16.4 Å². The smallest absolute Gasteiger partial charge is 0.142 e. The largest absolute Gasteiger partial charge is 0.488 e. The number of nitrogens with one attached hydrogen (secondary N) is 1. The summed E-state index contributed by atoms with van der Waals surface area (Å²) < 4.78 is 12.4. The van der Waals surface area contributed by atoms with Gasteiger partial charge in [-0.05, 0) is 38.3 Å². The maximum absolute atomic E-state index is 6.29. The van der Waals surface area contributed by atoms with Gasteiger partial charge >= 0.3 is 0 Å². The lowest BCUT2D eigenvalue weighted by Gasteiger charge is -2.37. The summed E-state index contributed by atoms with van der Waals surface area (Å²) in [5, 5.41) is 3.17. The fourth-order valence-electron chi connectivity index (χ4n) is 3.13. The van der Waals surface area contributed by atoms with Crippen LogP contribution >= 0.6 is 11.8 Å². The summed E-state index contributed by atoms with van der Waals surface area (Å²) in [6.07, 6.45) is 3.39. The standard InChI is InChI=1S/C16H24N2O2S/c1-12-3-4-15(14(18-12)10-17-2)20-13-5-7-19-16(9-13)6-8-21-11-16/h3-4,13,17H,5-11H2,1-2H3. The first-order chi connectivity index (χ1) is 10.2. The predicted octanol–water partition coefficient (Wildman–Crippen LogP) is 2.54. The summed E-state index contributed by atoms with van der Waals surface area (Å²) in [6, 6.07) is 4.08. The highest BCUT2D eigenvalue weighted by atomic mass is 32.2. The summed E-state index contributed by atoms with van der Waals surface area (Å²) in [5.74, 6) is 3.24. The molecule has 0 bridgehead atoms. The molecule has 0 amide bonds. The van der Waals surface area contributed by atoms with Gasteiger partial charge in [-0.25, -0.2) is 0 Å². The van der Waals surface area contributed by atoms with Crippen molar-refractivity contribution in [2.45, 2.75) is 44.4 Å². The number of thioether (sulfide) groups is 1. The van der Waals surface area contributed by atoms with Gasteiger partial charge in [0.25, 0.3) is 0 Å². The zero-order valence-corrected chi connectivity index (χ0v) is 13.7. The fraction of sp³-hybridized carbons (Fsp3) is 0.688. The van der Waals surface area contributed by atoms with Crippen LogP contribution in [-0.2, 0) is 11.3 Å². The van der Waals surface area contributed by atoms with Crippen molar-refractivity contribution in [1.29, 1.82) is 0 Å². The second-order valence-corrected chi connectivity index (χ2v) is 7.10. The molecule has 4 nitrogen and oxygen atoms in total. The van der Waals surface area contributed by atoms with E-state index in [-0.39, 0.29) is 11.7 Å². The predicted molar refractivity (Wildman–Crippen MR) is 86.0 cm³/mol. The highest BCUT2D eigenvalue weighted by Gasteiger charge is 2.41. The molecule has 3 rings (SSSR count). The van der Waals surface area contributed by atoms with Crippen molar-refractivity contribution in [2.75, 3.05) is 25.2 Å². The first-order valence-electron chi connectivity index (χ1n) is 7.70. The Morgan fingerprint density at radius 2 is 2.43 bits per heavy atom. The van der Waals surface area contributed by atoms with E-state index in [4.69, 9.17) is 9.47 Å². The van der Waals surface area contributed by atoms with Crippen molar-refractivity contribution in [1.82, 2.24) is 10.3 Å². The van der Waals surface area contributed by atoms with Crippen LogP contribution in [0, 0.1) is 6.92 Å². The van der Waals surface area contributed by atoms with Crippen molar-refractivity contribution in [2.24, 2.45) is 0 Å². The maximum atomic E-state index is 6.29. The number of hydrogen-bond donors (Lipinski definition) is 1. The monoisotopic (exact) mass is 308 g/mol. The third-order valence-corrected chi connectivity index (χ3v) is 5.45. The first kappa shape index (κ1) is 15.1. The third kappa shape index (κ3) is 3.52.